The number of halogens is 1. The number of piperazine rings is 1. The Hall–Kier alpha value is -0.520. The lowest BCUT2D eigenvalue weighted by molar-refractivity contribution is -0.0457. The van der Waals surface area contributed by atoms with Gasteiger partial charge in [0.25, 0.3) is 16.1 Å². The average molecular weight is 452 g/mol. The van der Waals surface area contributed by atoms with E-state index in [1.165, 1.54) is 19.9 Å². The minimum atomic E-state index is -3.52. The van der Waals surface area contributed by atoms with E-state index < -0.39 is 10.2 Å². The molecule has 0 aromatic carbocycles. The number of carbonyl (C=O) groups is 1. The summed E-state index contributed by atoms with van der Waals surface area (Å²) in [5, 5.41) is 1.81. The molecule has 25 heavy (non-hydrogen) atoms. The van der Waals surface area contributed by atoms with Gasteiger partial charge in [0.1, 0.15) is 0 Å². The van der Waals surface area contributed by atoms with Crippen molar-refractivity contribution in [2.45, 2.75) is 26.1 Å². The highest BCUT2D eigenvalue weighted by Crippen LogP contribution is 2.23. The zero-order valence-electron chi connectivity index (χ0n) is 14.2. The van der Waals surface area contributed by atoms with E-state index in [0.717, 1.165) is 3.79 Å². The summed E-state index contributed by atoms with van der Waals surface area (Å²) in [6.45, 7) is 5.95. The van der Waals surface area contributed by atoms with Gasteiger partial charge in [-0.3, -0.25) is 4.79 Å². The van der Waals surface area contributed by atoms with E-state index in [2.05, 4.69) is 15.9 Å². The molecule has 2 fully saturated rings. The van der Waals surface area contributed by atoms with E-state index >= 15 is 0 Å². The van der Waals surface area contributed by atoms with E-state index in [4.69, 9.17) is 4.74 Å². The predicted octanol–water partition coefficient (Wildman–Crippen LogP) is 1.62. The maximum absolute atomic E-state index is 12.9. The minimum absolute atomic E-state index is 0.0485. The first-order valence-electron chi connectivity index (χ1n) is 8.21. The second kappa shape index (κ2) is 7.61. The van der Waals surface area contributed by atoms with Crippen molar-refractivity contribution in [1.82, 2.24) is 13.5 Å². The number of carbonyl (C=O) groups excluding carboxylic acids is 1. The minimum Gasteiger partial charge on any atom is -0.373 e. The van der Waals surface area contributed by atoms with Crippen LogP contribution < -0.4 is 0 Å². The van der Waals surface area contributed by atoms with Crippen LogP contribution in [0.3, 0.4) is 0 Å². The normalized spacial score (nSPS) is 26.8. The number of thiophene rings is 1. The van der Waals surface area contributed by atoms with Crippen LogP contribution in [0.2, 0.25) is 0 Å². The van der Waals surface area contributed by atoms with Gasteiger partial charge >= 0.3 is 0 Å². The Labute approximate surface area is 160 Å². The highest BCUT2D eigenvalue weighted by atomic mass is 79.9. The molecular weight excluding hydrogens is 430 g/mol. The van der Waals surface area contributed by atoms with Crippen LogP contribution >= 0.6 is 27.3 Å². The molecule has 1 amide bonds. The first-order chi connectivity index (χ1) is 11.8. The van der Waals surface area contributed by atoms with Gasteiger partial charge in [0.05, 0.1) is 21.6 Å². The molecule has 3 heterocycles. The van der Waals surface area contributed by atoms with Crippen LogP contribution in [0.4, 0.5) is 0 Å². The molecule has 0 bridgehead atoms. The molecule has 0 radical (unpaired) electrons. The van der Waals surface area contributed by atoms with Gasteiger partial charge < -0.3 is 9.64 Å². The van der Waals surface area contributed by atoms with Crippen LogP contribution in [0.5, 0.6) is 0 Å². The zero-order valence-corrected chi connectivity index (χ0v) is 17.4. The molecule has 140 valence electrons. The molecule has 0 aliphatic carbocycles. The molecule has 0 saturated carbocycles. The molecule has 2 atom stereocenters. The molecule has 2 unspecified atom stereocenters. The van der Waals surface area contributed by atoms with Crippen LogP contribution in [-0.2, 0) is 14.9 Å². The largest absolute Gasteiger partial charge is 0.373 e. The van der Waals surface area contributed by atoms with Crippen LogP contribution in [0.15, 0.2) is 15.2 Å². The molecule has 0 N–H and O–H groups in total. The Morgan fingerprint density at radius 3 is 2.28 bits per heavy atom. The van der Waals surface area contributed by atoms with Crippen LogP contribution in [0.1, 0.15) is 24.2 Å². The van der Waals surface area contributed by atoms with Crippen molar-refractivity contribution in [3.8, 4) is 0 Å². The summed E-state index contributed by atoms with van der Waals surface area (Å²) in [6, 6.07) is 1.80. The lowest BCUT2D eigenvalue weighted by Gasteiger charge is -2.40. The standard InChI is InChI=1S/C15H22BrN3O4S2/c1-11-8-19(9-12(2)23-11)25(21,22)18-5-3-17(4-6-18)15(20)13-7-14(16)24-10-13/h7,10-12H,3-6,8-9H2,1-2H3. The van der Waals surface area contributed by atoms with Gasteiger partial charge in [-0.1, -0.05) is 0 Å². The summed E-state index contributed by atoms with van der Waals surface area (Å²) in [5.74, 6) is -0.0485. The molecule has 0 spiro atoms. The Kier molecular flexibility index (Phi) is 5.86. The SMILES string of the molecule is CC1CN(S(=O)(=O)N2CCN(C(=O)c3csc(Br)c3)CC2)CC(C)O1. The van der Waals surface area contributed by atoms with Crippen LogP contribution in [-0.4, -0.2) is 79.3 Å². The Bertz CT molecular complexity index is 721. The van der Waals surface area contributed by atoms with Crippen molar-refractivity contribution in [3.63, 3.8) is 0 Å². The number of rotatable bonds is 3. The van der Waals surface area contributed by atoms with Gasteiger partial charge in [-0.15, -0.1) is 11.3 Å². The van der Waals surface area contributed by atoms with Crippen molar-refractivity contribution >= 4 is 43.4 Å². The fourth-order valence-electron chi connectivity index (χ4n) is 3.21. The highest BCUT2D eigenvalue weighted by Gasteiger charge is 2.37. The van der Waals surface area contributed by atoms with Gasteiger partial charge in [-0.2, -0.15) is 17.0 Å². The monoisotopic (exact) mass is 451 g/mol. The molecule has 2 saturated heterocycles. The summed E-state index contributed by atoms with van der Waals surface area (Å²) in [7, 11) is -3.52. The van der Waals surface area contributed by atoms with Crippen molar-refractivity contribution in [2.75, 3.05) is 39.3 Å². The van der Waals surface area contributed by atoms with E-state index in [-0.39, 0.29) is 18.1 Å². The fourth-order valence-corrected chi connectivity index (χ4v) is 6.09. The van der Waals surface area contributed by atoms with Crippen LogP contribution in [0, 0.1) is 0 Å². The lowest BCUT2D eigenvalue weighted by atomic mass is 10.2. The summed E-state index contributed by atoms with van der Waals surface area (Å²) in [5.41, 5.74) is 0.643. The second-order valence-electron chi connectivity index (χ2n) is 6.41. The molecule has 1 aromatic rings. The maximum atomic E-state index is 12.9. The van der Waals surface area contributed by atoms with E-state index in [1.807, 2.05) is 19.2 Å². The third-order valence-electron chi connectivity index (χ3n) is 4.38. The molecule has 3 rings (SSSR count). The topological polar surface area (TPSA) is 70.2 Å². The number of morpholine rings is 1. The Morgan fingerprint density at radius 2 is 1.76 bits per heavy atom. The molecular formula is C15H22BrN3O4S2. The van der Waals surface area contributed by atoms with Gasteiger partial charge in [-0.05, 0) is 35.8 Å². The lowest BCUT2D eigenvalue weighted by Crippen LogP contribution is -2.57. The highest BCUT2D eigenvalue weighted by molar-refractivity contribution is 9.11. The molecule has 2 aliphatic heterocycles. The quantitative estimate of drug-likeness (QED) is 0.699. The predicted molar refractivity (Wildman–Crippen MR) is 100.0 cm³/mol. The first kappa shape index (κ1) is 19.2. The third-order valence-corrected chi connectivity index (χ3v) is 7.85. The molecule has 2 aliphatic rings. The number of hydrogen-bond donors (Lipinski definition) is 0. The summed E-state index contributed by atoms with van der Waals surface area (Å²) in [6.07, 6.45) is -0.225. The number of hydrogen-bond acceptors (Lipinski definition) is 5. The summed E-state index contributed by atoms with van der Waals surface area (Å²) < 4.78 is 35.2. The fraction of sp³-hybridized carbons (Fsp3) is 0.667. The summed E-state index contributed by atoms with van der Waals surface area (Å²) >= 11 is 4.82. The molecule has 1 aromatic heterocycles. The molecule has 10 heteroatoms. The van der Waals surface area contributed by atoms with Crippen molar-refractivity contribution in [3.05, 3.63) is 20.8 Å². The van der Waals surface area contributed by atoms with Crippen molar-refractivity contribution in [2.24, 2.45) is 0 Å². The van der Waals surface area contributed by atoms with Gasteiger partial charge in [0, 0.05) is 44.6 Å². The van der Waals surface area contributed by atoms with E-state index in [0.29, 0.717) is 44.8 Å². The third kappa shape index (κ3) is 4.25. The zero-order chi connectivity index (χ0) is 18.2. The Morgan fingerprint density at radius 1 is 1.16 bits per heavy atom. The maximum Gasteiger partial charge on any atom is 0.282 e. The van der Waals surface area contributed by atoms with Crippen molar-refractivity contribution in [1.29, 1.82) is 0 Å². The Balaban J connectivity index is 1.62. The number of amides is 1. The average Bonchev–Trinajstić information content (AvgIpc) is 3.00. The first-order valence-corrected chi connectivity index (χ1v) is 11.3. The van der Waals surface area contributed by atoms with E-state index in [1.54, 1.807) is 11.0 Å². The summed E-state index contributed by atoms with van der Waals surface area (Å²) in [4.78, 5) is 14.2. The number of nitrogens with zero attached hydrogens (tertiary/aromatic N) is 3. The van der Waals surface area contributed by atoms with Gasteiger partial charge in [0.2, 0.25) is 0 Å². The molecule has 7 nitrogen and oxygen atoms in total. The number of ether oxygens (including phenoxy) is 1. The van der Waals surface area contributed by atoms with E-state index in [9.17, 15) is 13.2 Å². The van der Waals surface area contributed by atoms with Gasteiger partial charge in [0.15, 0.2) is 0 Å². The van der Waals surface area contributed by atoms with Crippen LogP contribution in [0.25, 0.3) is 0 Å². The van der Waals surface area contributed by atoms with Gasteiger partial charge in [-0.25, -0.2) is 0 Å². The van der Waals surface area contributed by atoms with Crippen molar-refractivity contribution < 1.29 is 17.9 Å². The smallest absolute Gasteiger partial charge is 0.282 e. The second-order valence-corrected chi connectivity index (χ2v) is 10.6.